The predicted octanol–water partition coefficient (Wildman–Crippen LogP) is 2.53. The molecule has 104 valence electrons. The average Bonchev–Trinajstić information content (AvgIpc) is 3.10. The summed E-state index contributed by atoms with van der Waals surface area (Å²) in [6, 6.07) is 5.66. The van der Waals surface area contributed by atoms with Crippen molar-refractivity contribution in [2.45, 2.75) is 18.4 Å². The van der Waals surface area contributed by atoms with Gasteiger partial charge >= 0.3 is 0 Å². The molecule has 1 aromatic heterocycles. The Morgan fingerprint density at radius 3 is 3.10 bits per heavy atom. The lowest BCUT2D eigenvalue weighted by Crippen LogP contribution is -2.55. The number of nitrogens with zero attached hydrogens (tertiary/aromatic N) is 2. The monoisotopic (exact) mass is 307 g/mol. The van der Waals surface area contributed by atoms with Crippen molar-refractivity contribution in [2.75, 3.05) is 19.6 Å². The Morgan fingerprint density at radius 2 is 2.30 bits per heavy atom. The number of rotatable bonds is 1. The van der Waals surface area contributed by atoms with E-state index >= 15 is 0 Å². The maximum absolute atomic E-state index is 12.8. The van der Waals surface area contributed by atoms with E-state index < -0.39 is 0 Å². The molecule has 4 rings (SSSR count). The minimum absolute atomic E-state index is 0.0790. The van der Waals surface area contributed by atoms with Crippen LogP contribution in [0, 0.1) is 0 Å². The van der Waals surface area contributed by atoms with Crippen molar-refractivity contribution in [2.24, 2.45) is 0 Å². The van der Waals surface area contributed by atoms with Gasteiger partial charge in [-0.05, 0) is 31.0 Å². The number of fused-ring (bicyclic) bond motifs is 1. The van der Waals surface area contributed by atoms with E-state index in [-0.39, 0.29) is 11.4 Å². The minimum atomic E-state index is 0.0790. The van der Waals surface area contributed by atoms with Gasteiger partial charge in [0.1, 0.15) is 0 Å². The molecule has 0 unspecified atom stereocenters. The van der Waals surface area contributed by atoms with Crippen molar-refractivity contribution in [1.29, 1.82) is 0 Å². The molecule has 0 radical (unpaired) electrons. The highest BCUT2D eigenvalue weighted by Gasteiger charge is 2.51. The quantitative estimate of drug-likeness (QED) is 0.880. The van der Waals surface area contributed by atoms with E-state index in [4.69, 9.17) is 11.6 Å². The van der Waals surface area contributed by atoms with Gasteiger partial charge in [-0.25, -0.2) is 4.98 Å². The zero-order valence-corrected chi connectivity index (χ0v) is 12.4. The van der Waals surface area contributed by atoms with E-state index in [1.807, 2.05) is 23.1 Å². The fourth-order valence-corrected chi connectivity index (χ4v) is 4.01. The third kappa shape index (κ3) is 1.92. The van der Waals surface area contributed by atoms with Crippen LogP contribution < -0.4 is 5.32 Å². The number of nitrogens with one attached hydrogen (secondary N) is 1. The molecule has 2 heterocycles. The molecule has 1 saturated carbocycles. The van der Waals surface area contributed by atoms with Gasteiger partial charge in [-0.15, -0.1) is 11.3 Å². The zero-order valence-electron chi connectivity index (χ0n) is 10.9. The van der Waals surface area contributed by atoms with Gasteiger partial charge in [0, 0.05) is 25.2 Å². The molecule has 1 amide bonds. The molecule has 1 saturated heterocycles. The number of thiazole rings is 1. The molecular weight excluding hydrogens is 294 g/mol. The van der Waals surface area contributed by atoms with Crippen LogP contribution in [-0.4, -0.2) is 41.0 Å². The first-order valence-corrected chi connectivity index (χ1v) is 7.96. The third-order valence-corrected chi connectivity index (χ3v) is 5.34. The first-order valence-electron chi connectivity index (χ1n) is 6.77. The summed E-state index contributed by atoms with van der Waals surface area (Å²) in [7, 11) is 0. The number of hydrogen-bond acceptors (Lipinski definition) is 4. The van der Waals surface area contributed by atoms with E-state index in [1.54, 1.807) is 0 Å². The van der Waals surface area contributed by atoms with Crippen LogP contribution in [0.15, 0.2) is 18.2 Å². The molecule has 4 nitrogen and oxygen atoms in total. The van der Waals surface area contributed by atoms with E-state index in [0.29, 0.717) is 4.47 Å². The molecule has 0 atom stereocenters. The van der Waals surface area contributed by atoms with Crippen molar-refractivity contribution in [3.05, 3.63) is 28.2 Å². The molecule has 2 fully saturated rings. The SMILES string of the molecule is O=C(c1ccc2nc(Cl)sc2c1)N1CCNCC12CC2. The molecule has 2 aromatic rings. The zero-order chi connectivity index (χ0) is 13.7. The van der Waals surface area contributed by atoms with Crippen LogP contribution in [0.4, 0.5) is 0 Å². The molecule has 0 bridgehead atoms. The normalized spacial score (nSPS) is 20.6. The van der Waals surface area contributed by atoms with Crippen molar-refractivity contribution in [3.63, 3.8) is 0 Å². The Labute approximate surface area is 125 Å². The second-order valence-electron chi connectivity index (χ2n) is 5.51. The number of aromatic nitrogens is 1. The summed E-state index contributed by atoms with van der Waals surface area (Å²) in [5.74, 6) is 0.135. The Morgan fingerprint density at radius 1 is 1.45 bits per heavy atom. The summed E-state index contributed by atoms with van der Waals surface area (Å²) in [4.78, 5) is 19.0. The lowest BCUT2D eigenvalue weighted by molar-refractivity contribution is 0.0601. The Kier molecular flexibility index (Phi) is 2.77. The van der Waals surface area contributed by atoms with E-state index in [0.717, 1.165) is 48.3 Å². The lowest BCUT2D eigenvalue weighted by Gasteiger charge is -2.36. The fraction of sp³-hybridized carbons (Fsp3) is 0.429. The molecule has 1 aliphatic heterocycles. The van der Waals surface area contributed by atoms with Crippen LogP contribution in [0.1, 0.15) is 23.2 Å². The number of hydrogen-bond donors (Lipinski definition) is 1. The van der Waals surface area contributed by atoms with Crippen LogP contribution in [-0.2, 0) is 0 Å². The van der Waals surface area contributed by atoms with Crippen molar-refractivity contribution in [1.82, 2.24) is 15.2 Å². The summed E-state index contributed by atoms with van der Waals surface area (Å²) in [5, 5.41) is 3.39. The highest BCUT2D eigenvalue weighted by Crippen LogP contribution is 2.43. The molecule has 1 aromatic carbocycles. The molecule has 1 N–H and O–H groups in total. The molecule has 1 aliphatic carbocycles. The first-order chi connectivity index (χ1) is 9.68. The second kappa shape index (κ2) is 4.41. The summed E-state index contributed by atoms with van der Waals surface area (Å²) in [6.07, 6.45) is 2.22. The van der Waals surface area contributed by atoms with Gasteiger partial charge in [-0.3, -0.25) is 4.79 Å². The van der Waals surface area contributed by atoms with Gasteiger partial charge in [0.05, 0.1) is 15.8 Å². The first kappa shape index (κ1) is 12.6. The predicted molar refractivity (Wildman–Crippen MR) is 80.5 cm³/mol. The molecule has 20 heavy (non-hydrogen) atoms. The number of amides is 1. The molecule has 1 spiro atoms. The fourth-order valence-electron chi connectivity index (χ4n) is 2.94. The van der Waals surface area contributed by atoms with Crippen molar-refractivity contribution >= 4 is 39.1 Å². The second-order valence-corrected chi connectivity index (χ2v) is 7.12. The van der Waals surface area contributed by atoms with Gasteiger partial charge in [-0.2, -0.15) is 0 Å². The lowest BCUT2D eigenvalue weighted by atomic mass is 10.1. The summed E-state index contributed by atoms with van der Waals surface area (Å²) < 4.78 is 1.49. The van der Waals surface area contributed by atoms with E-state index in [1.165, 1.54) is 11.3 Å². The van der Waals surface area contributed by atoms with Crippen LogP contribution in [0.5, 0.6) is 0 Å². The summed E-state index contributed by atoms with van der Waals surface area (Å²) in [6.45, 7) is 2.59. The van der Waals surface area contributed by atoms with E-state index in [2.05, 4.69) is 10.3 Å². The molecule has 6 heteroatoms. The van der Waals surface area contributed by atoms with Crippen LogP contribution in [0.3, 0.4) is 0 Å². The summed E-state index contributed by atoms with van der Waals surface area (Å²) in [5.41, 5.74) is 1.68. The smallest absolute Gasteiger partial charge is 0.254 e. The van der Waals surface area contributed by atoms with Crippen molar-refractivity contribution in [3.8, 4) is 0 Å². The number of piperazine rings is 1. The highest BCUT2D eigenvalue weighted by molar-refractivity contribution is 7.22. The van der Waals surface area contributed by atoms with Gasteiger partial charge < -0.3 is 10.2 Å². The minimum Gasteiger partial charge on any atom is -0.330 e. The van der Waals surface area contributed by atoms with E-state index in [9.17, 15) is 4.79 Å². The Bertz CT molecular complexity index is 695. The Hall–Kier alpha value is -1.17. The standard InChI is InChI=1S/C14H14ClN3OS/c15-13-17-10-2-1-9(7-11(10)20-13)12(19)18-6-5-16-8-14(18)3-4-14/h1-2,7,16H,3-6,8H2. The van der Waals surface area contributed by atoms with Crippen molar-refractivity contribution < 1.29 is 4.79 Å². The third-order valence-electron chi connectivity index (χ3n) is 4.22. The highest BCUT2D eigenvalue weighted by atomic mass is 35.5. The van der Waals surface area contributed by atoms with Gasteiger partial charge in [0.2, 0.25) is 0 Å². The van der Waals surface area contributed by atoms with Crippen LogP contribution in [0.25, 0.3) is 10.2 Å². The maximum atomic E-state index is 12.8. The van der Waals surface area contributed by atoms with Crippen LogP contribution in [0.2, 0.25) is 4.47 Å². The Balaban J connectivity index is 1.69. The molecule has 2 aliphatic rings. The van der Waals surface area contributed by atoms with Gasteiger partial charge in [0.25, 0.3) is 5.91 Å². The number of benzene rings is 1. The number of carbonyl (C=O) groups is 1. The topological polar surface area (TPSA) is 45.2 Å². The summed E-state index contributed by atoms with van der Waals surface area (Å²) >= 11 is 7.34. The number of halogens is 1. The largest absolute Gasteiger partial charge is 0.330 e. The van der Waals surface area contributed by atoms with Crippen LogP contribution >= 0.6 is 22.9 Å². The van der Waals surface area contributed by atoms with Gasteiger partial charge in [-0.1, -0.05) is 11.6 Å². The maximum Gasteiger partial charge on any atom is 0.254 e. The number of carbonyl (C=O) groups excluding carboxylic acids is 1. The van der Waals surface area contributed by atoms with Gasteiger partial charge in [0.15, 0.2) is 4.47 Å². The molecular formula is C14H14ClN3OS. The average molecular weight is 308 g/mol.